The van der Waals surface area contributed by atoms with Gasteiger partial charge in [0.1, 0.15) is 17.5 Å². The Balaban J connectivity index is 1.12. The Bertz CT molecular complexity index is 1350. The van der Waals surface area contributed by atoms with Gasteiger partial charge in [-0.1, -0.05) is 62.2 Å². The highest BCUT2D eigenvalue weighted by molar-refractivity contribution is 9.12. The quantitative estimate of drug-likeness (QED) is 0.295. The van der Waals surface area contributed by atoms with Gasteiger partial charge in [0, 0.05) is 15.3 Å². The van der Waals surface area contributed by atoms with Crippen LogP contribution >= 0.6 is 31.9 Å². The Labute approximate surface area is 225 Å². The summed E-state index contributed by atoms with van der Waals surface area (Å²) in [7, 11) is 0. The Morgan fingerprint density at radius 3 is 2.11 bits per heavy atom. The van der Waals surface area contributed by atoms with Gasteiger partial charge in [0.15, 0.2) is 0 Å². The summed E-state index contributed by atoms with van der Waals surface area (Å²) < 4.78 is 5.97. The van der Waals surface area contributed by atoms with Crippen molar-refractivity contribution in [3.8, 4) is 11.5 Å². The molecule has 3 fully saturated rings. The third-order valence-electron chi connectivity index (χ3n) is 7.87. The van der Waals surface area contributed by atoms with E-state index in [1.165, 1.54) is 4.90 Å². The number of carbonyl (C=O) groups is 3. The minimum atomic E-state index is -0.883. The summed E-state index contributed by atoms with van der Waals surface area (Å²) in [6, 6.07) is 20.1. The zero-order chi connectivity index (χ0) is 25.1. The van der Waals surface area contributed by atoms with Crippen LogP contribution in [-0.4, -0.2) is 38.3 Å². The summed E-state index contributed by atoms with van der Waals surface area (Å²) >= 11 is 7.39. The van der Waals surface area contributed by atoms with E-state index in [0.717, 1.165) is 22.9 Å². The highest BCUT2D eigenvalue weighted by atomic mass is 79.9. The van der Waals surface area contributed by atoms with Crippen LogP contribution in [0.4, 0.5) is 5.69 Å². The van der Waals surface area contributed by atoms with Crippen LogP contribution in [0.25, 0.3) is 10.8 Å². The lowest BCUT2D eigenvalue weighted by molar-refractivity contribution is -0.146. The molecule has 7 unspecified atom stereocenters. The Kier molecular flexibility index (Phi) is 5.91. The number of imide groups is 1. The molecule has 0 spiro atoms. The van der Waals surface area contributed by atoms with E-state index in [0.29, 0.717) is 11.4 Å². The zero-order valence-electron chi connectivity index (χ0n) is 19.4. The highest BCUT2D eigenvalue weighted by Gasteiger charge is 2.67. The molecule has 184 valence electrons. The summed E-state index contributed by atoms with van der Waals surface area (Å²) in [5.41, 5.74) is 0.568. The van der Waals surface area contributed by atoms with E-state index in [-0.39, 0.29) is 45.1 Å². The average molecular weight is 612 g/mol. The first-order valence-electron chi connectivity index (χ1n) is 12.1. The van der Waals surface area contributed by atoms with Crippen molar-refractivity contribution in [3.05, 3.63) is 66.7 Å². The molecule has 3 aromatic rings. The summed E-state index contributed by atoms with van der Waals surface area (Å²) in [5, 5.41) is 5.07. The molecule has 3 aromatic carbocycles. The summed E-state index contributed by atoms with van der Waals surface area (Å²) in [6.07, 6.45) is 0.862. The molecule has 3 aliphatic rings. The first-order chi connectivity index (χ1) is 17.3. The van der Waals surface area contributed by atoms with Crippen LogP contribution in [0.1, 0.15) is 13.3 Å². The van der Waals surface area contributed by atoms with Gasteiger partial charge in [-0.3, -0.25) is 19.3 Å². The Morgan fingerprint density at radius 1 is 0.889 bits per heavy atom. The maximum absolute atomic E-state index is 13.2. The van der Waals surface area contributed by atoms with Crippen LogP contribution in [0.3, 0.4) is 0 Å². The van der Waals surface area contributed by atoms with Gasteiger partial charge < -0.3 is 10.1 Å². The van der Waals surface area contributed by atoms with Crippen molar-refractivity contribution >= 4 is 66.0 Å². The smallest absolute Gasteiger partial charge is 0.247 e. The van der Waals surface area contributed by atoms with Crippen LogP contribution in [0.15, 0.2) is 66.7 Å². The first kappa shape index (κ1) is 23.7. The van der Waals surface area contributed by atoms with Crippen LogP contribution in [0.2, 0.25) is 0 Å². The average Bonchev–Trinajstić information content (AvgIpc) is 3.49. The molecule has 2 saturated carbocycles. The van der Waals surface area contributed by atoms with Gasteiger partial charge in [0.05, 0.1) is 11.8 Å². The van der Waals surface area contributed by atoms with Crippen LogP contribution < -0.4 is 10.1 Å². The number of benzene rings is 3. The van der Waals surface area contributed by atoms with E-state index >= 15 is 0 Å². The van der Waals surface area contributed by atoms with Crippen LogP contribution in [-0.2, 0) is 14.4 Å². The number of nitrogens with zero attached hydrogens (tertiary/aromatic N) is 1. The van der Waals surface area contributed by atoms with Crippen molar-refractivity contribution in [3.63, 3.8) is 0 Å². The molecule has 8 heteroatoms. The molecule has 36 heavy (non-hydrogen) atoms. The van der Waals surface area contributed by atoms with Gasteiger partial charge in [0.25, 0.3) is 0 Å². The number of likely N-dealkylation sites (tertiary alicyclic amines) is 1. The molecule has 0 radical (unpaired) electrons. The van der Waals surface area contributed by atoms with E-state index in [2.05, 4.69) is 37.2 Å². The number of ether oxygens (including phenoxy) is 1. The number of carbonyl (C=O) groups excluding carboxylic acids is 3. The minimum absolute atomic E-state index is 0.122. The summed E-state index contributed by atoms with van der Waals surface area (Å²) in [4.78, 5) is 41.0. The predicted molar refractivity (Wildman–Crippen MR) is 144 cm³/mol. The maximum atomic E-state index is 13.2. The van der Waals surface area contributed by atoms with E-state index in [1.54, 1.807) is 31.2 Å². The number of rotatable bonds is 5. The predicted octanol–water partition coefficient (Wildman–Crippen LogP) is 5.74. The second kappa shape index (κ2) is 8.99. The largest absolute Gasteiger partial charge is 0.457 e. The third kappa shape index (κ3) is 3.77. The molecular weight excluding hydrogens is 588 g/mol. The molecule has 3 amide bonds. The number of hydrogen-bond acceptors (Lipinski definition) is 4. The highest BCUT2D eigenvalue weighted by Crippen LogP contribution is 2.60. The van der Waals surface area contributed by atoms with Gasteiger partial charge >= 0.3 is 0 Å². The van der Waals surface area contributed by atoms with Crippen LogP contribution in [0, 0.1) is 23.7 Å². The standard InChI is InChI=1S/C28H24Br2N2O4/c1-14(32-27(34)22-20-13-21(23(22)28(32)35)25(30)24(20)29)26(33)31-17-7-10-18(11-8-17)36-19-9-6-15-4-2-3-5-16(15)12-19/h2-12,14,20-25H,13H2,1H3,(H,31,33). The topological polar surface area (TPSA) is 75.7 Å². The van der Waals surface area contributed by atoms with E-state index in [1.807, 2.05) is 42.5 Å². The SMILES string of the molecule is CC(C(=O)Nc1ccc(Oc2ccc3ccccc3c2)cc1)N1C(=O)C2C3CC(C(Br)C3Br)C2C1=O. The molecule has 7 atom stereocenters. The Hall–Kier alpha value is -2.71. The van der Waals surface area contributed by atoms with Gasteiger partial charge in [-0.05, 0) is 72.4 Å². The summed E-state index contributed by atoms with van der Waals surface area (Å²) in [6.45, 7) is 1.61. The molecular formula is C28H24Br2N2O4. The molecule has 6 rings (SSSR count). The van der Waals surface area contributed by atoms with Crippen molar-refractivity contribution in [2.24, 2.45) is 23.7 Å². The number of anilines is 1. The van der Waals surface area contributed by atoms with E-state index in [4.69, 9.17) is 4.74 Å². The molecule has 2 aliphatic carbocycles. The molecule has 0 aromatic heterocycles. The lowest BCUT2D eigenvalue weighted by Crippen LogP contribution is -2.46. The number of halogens is 2. The van der Waals surface area contributed by atoms with E-state index in [9.17, 15) is 14.4 Å². The molecule has 1 saturated heterocycles. The molecule has 1 N–H and O–H groups in total. The van der Waals surface area contributed by atoms with Gasteiger partial charge in [0.2, 0.25) is 17.7 Å². The van der Waals surface area contributed by atoms with E-state index < -0.39 is 11.9 Å². The zero-order valence-corrected chi connectivity index (χ0v) is 22.6. The fourth-order valence-electron chi connectivity index (χ4n) is 6.09. The fraction of sp³-hybridized carbons (Fsp3) is 0.321. The summed E-state index contributed by atoms with van der Waals surface area (Å²) in [5.74, 6) is 0.112. The second-order valence-electron chi connectivity index (χ2n) is 9.85. The number of fused-ring (bicyclic) bond motifs is 6. The monoisotopic (exact) mass is 610 g/mol. The normalized spacial score (nSPS) is 29.5. The first-order valence-corrected chi connectivity index (χ1v) is 13.9. The molecule has 6 nitrogen and oxygen atoms in total. The van der Waals surface area contributed by atoms with Crippen molar-refractivity contribution < 1.29 is 19.1 Å². The maximum Gasteiger partial charge on any atom is 0.247 e. The van der Waals surface area contributed by atoms with Crippen molar-refractivity contribution in [2.45, 2.75) is 29.0 Å². The van der Waals surface area contributed by atoms with Crippen molar-refractivity contribution in [2.75, 3.05) is 5.32 Å². The van der Waals surface area contributed by atoms with Crippen molar-refractivity contribution in [1.29, 1.82) is 0 Å². The minimum Gasteiger partial charge on any atom is -0.457 e. The lowest BCUT2D eigenvalue weighted by atomic mass is 9.81. The lowest BCUT2D eigenvalue weighted by Gasteiger charge is -2.28. The molecule has 2 bridgehead atoms. The number of nitrogens with one attached hydrogen (secondary N) is 1. The Morgan fingerprint density at radius 2 is 1.47 bits per heavy atom. The number of amides is 3. The van der Waals surface area contributed by atoms with Gasteiger partial charge in [-0.15, -0.1) is 0 Å². The molecule has 1 aliphatic heterocycles. The van der Waals surface area contributed by atoms with Gasteiger partial charge in [-0.2, -0.15) is 0 Å². The van der Waals surface area contributed by atoms with Gasteiger partial charge in [-0.25, -0.2) is 0 Å². The number of hydrogen-bond donors (Lipinski definition) is 1. The van der Waals surface area contributed by atoms with Crippen molar-refractivity contribution in [1.82, 2.24) is 4.90 Å². The fourth-order valence-corrected chi connectivity index (χ4v) is 7.96. The van der Waals surface area contributed by atoms with Crippen LogP contribution in [0.5, 0.6) is 11.5 Å². The molecule has 1 heterocycles. The number of alkyl halides is 2. The third-order valence-corrected chi connectivity index (χ3v) is 11.1. The second-order valence-corrected chi connectivity index (χ2v) is 12.0.